The van der Waals surface area contributed by atoms with Crippen molar-refractivity contribution in [3.05, 3.63) is 28.2 Å². The van der Waals surface area contributed by atoms with Gasteiger partial charge in [-0.3, -0.25) is 0 Å². The molecule has 1 heterocycles. The number of aliphatic hydroxyl groups excluding tert-OH is 1. The van der Waals surface area contributed by atoms with E-state index in [2.05, 4.69) is 0 Å². The van der Waals surface area contributed by atoms with Crippen molar-refractivity contribution in [3.63, 3.8) is 0 Å². The molecule has 0 spiro atoms. The van der Waals surface area contributed by atoms with Crippen LogP contribution in [0.4, 0.5) is 0 Å². The van der Waals surface area contributed by atoms with E-state index in [9.17, 15) is 13.5 Å². The lowest BCUT2D eigenvalue weighted by Gasteiger charge is -2.36. The lowest BCUT2D eigenvalue weighted by Crippen LogP contribution is -2.48. The molecule has 1 N–H and O–H groups in total. The second kappa shape index (κ2) is 6.20. The summed E-state index contributed by atoms with van der Waals surface area (Å²) in [4.78, 5) is -0.0733. The van der Waals surface area contributed by atoms with Crippen molar-refractivity contribution in [1.82, 2.24) is 4.31 Å². The number of aliphatic hydroxyl groups is 1. The van der Waals surface area contributed by atoms with E-state index in [-0.39, 0.29) is 14.9 Å². The van der Waals surface area contributed by atoms with Crippen LogP contribution in [0.15, 0.2) is 23.1 Å². The molecule has 4 nitrogen and oxygen atoms in total. The predicted molar refractivity (Wildman–Crippen MR) is 79.7 cm³/mol. The maximum atomic E-state index is 12.8. The molecular formula is C13H17Cl2NO3S. The van der Waals surface area contributed by atoms with Gasteiger partial charge < -0.3 is 5.11 Å². The van der Waals surface area contributed by atoms with Gasteiger partial charge in [0.1, 0.15) is 4.90 Å². The third-order valence-corrected chi connectivity index (χ3v) is 6.42. The fraction of sp³-hybridized carbons (Fsp3) is 0.538. The first-order valence-electron chi connectivity index (χ1n) is 6.49. The quantitative estimate of drug-likeness (QED) is 0.922. The lowest BCUT2D eigenvalue weighted by molar-refractivity contribution is 0.0831. The Morgan fingerprint density at radius 1 is 1.30 bits per heavy atom. The predicted octanol–water partition coefficient (Wildman–Crippen LogP) is 2.92. The second-order valence-electron chi connectivity index (χ2n) is 4.97. The molecule has 1 saturated heterocycles. The van der Waals surface area contributed by atoms with E-state index in [0.717, 1.165) is 12.8 Å². The van der Waals surface area contributed by atoms with E-state index in [1.54, 1.807) is 13.0 Å². The first kappa shape index (κ1) is 16.0. The minimum atomic E-state index is -3.81. The molecule has 1 aromatic rings. The number of rotatable bonds is 3. The van der Waals surface area contributed by atoms with Crippen molar-refractivity contribution in [2.75, 3.05) is 6.54 Å². The molecule has 1 fully saturated rings. The highest BCUT2D eigenvalue weighted by Gasteiger charge is 2.37. The first-order valence-corrected chi connectivity index (χ1v) is 8.69. The molecule has 2 atom stereocenters. The fourth-order valence-electron chi connectivity index (χ4n) is 2.56. The number of hydrogen-bond donors (Lipinski definition) is 1. The van der Waals surface area contributed by atoms with Gasteiger partial charge in [-0.25, -0.2) is 8.42 Å². The minimum absolute atomic E-state index is 0.0733. The van der Waals surface area contributed by atoms with Crippen LogP contribution in [0.3, 0.4) is 0 Å². The summed E-state index contributed by atoms with van der Waals surface area (Å²) < 4.78 is 26.9. The first-order chi connectivity index (χ1) is 9.35. The van der Waals surface area contributed by atoms with E-state index in [0.29, 0.717) is 13.0 Å². The SMILES string of the molecule is CC(O)C1CCCCN1S(=O)(=O)c1c(Cl)cccc1Cl. The molecule has 2 unspecified atom stereocenters. The molecule has 1 aliphatic heterocycles. The molecule has 0 aromatic heterocycles. The van der Waals surface area contributed by atoms with Crippen LogP contribution < -0.4 is 0 Å². The monoisotopic (exact) mass is 337 g/mol. The minimum Gasteiger partial charge on any atom is -0.392 e. The Balaban J connectivity index is 2.48. The zero-order valence-electron chi connectivity index (χ0n) is 11.1. The summed E-state index contributed by atoms with van der Waals surface area (Å²) in [6.45, 7) is 1.98. The molecule has 20 heavy (non-hydrogen) atoms. The van der Waals surface area contributed by atoms with Crippen LogP contribution in [0.5, 0.6) is 0 Å². The molecule has 112 valence electrons. The average molecular weight is 338 g/mol. The number of benzene rings is 1. The summed E-state index contributed by atoms with van der Waals surface area (Å²) in [5.41, 5.74) is 0. The zero-order chi connectivity index (χ0) is 14.9. The van der Waals surface area contributed by atoms with E-state index < -0.39 is 22.2 Å². The highest BCUT2D eigenvalue weighted by molar-refractivity contribution is 7.89. The van der Waals surface area contributed by atoms with E-state index in [4.69, 9.17) is 23.2 Å². The van der Waals surface area contributed by atoms with Gasteiger partial charge in [0.05, 0.1) is 22.2 Å². The molecule has 0 radical (unpaired) electrons. The Morgan fingerprint density at radius 3 is 2.45 bits per heavy atom. The van der Waals surface area contributed by atoms with Crippen LogP contribution in [0.25, 0.3) is 0 Å². The van der Waals surface area contributed by atoms with Crippen molar-refractivity contribution in [2.24, 2.45) is 0 Å². The summed E-state index contributed by atoms with van der Waals surface area (Å²) >= 11 is 12.0. The van der Waals surface area contributed by atoms with Crippen LogP contribution in [0.1, 0.15) is 26.2 Å². The van der Waals surface area contributed by atoms with Gasteiger partial charge >= 0.3 is 0 Å². The Labute approximate surface area is 129 Å². The van der Waals surface area contributed by atoms with E-state index in [1.807, 2.05) is 0 Å². The molecule has 1 aliphatic rings. The maximum absolute atomic E-state index is 12.8. The van der Waals surface area contributed by atoms with Gasteiger partial charge in [-0.2, -0.15) is 4.31 Å². The summed E-state index contributed by atoms with van der Waals surface area (Å²) in [7, 11) is -3.81. The largest absolute Gasteiger partial charge is 0.392 e. The van der Waals surface area contributed by atoms with Crippen LogP contribution in [0, 0.1) is 0 Å². The van der Waals surface area contributed by atoms with Crippen molar-refractivity contribution in [3.8, 4) is 0 Å². The Morgan fingerprint density at radius 2 is 1.90 bits per heavy atom. The molecule has 0 amide bonds. The third kappa shape index (κ3) is 2.97. The van der Waals surface area contributed by atoms with Gasteiger partial charge in [0.2, 0.25) is 10.0 Å². The number of piperidine rings is 1. The van der Waals surface area contributed by atoms with Crippen LogP contribution in [0.2, 0.25) is 10.0 Å². The average Bonchev–Trinajstić information content (AvgIpc) is 2.38. The molecule has 0 bridgehead atoms. The van der Waals surface area contributed by atoms with Crippen LogP contribution in [-0.4, -0.2) is 36.5 Å². The number of sulfonamides is 1. The summed E-state index contributed by atoms with van der Waals surface area (Å²) in [5, 5.41) is 10.0. The summed E-state index contributed by atoms with van der Waals surface area (Å²) in [6, 6.07) is 4.18. The highest BCUT2D eigenvalue weighted by Crippen LogP contribution is 2.34. The Hall–Kier alpha value is -0.330. The second-order valence-corrected chi connectivity index (χ2v) is 7.61. The van der Waals surface area contributed by atoms with Crippen molar-refractivity contribution >= 4 is 33.2 Å². The number of halogens is 2. The molecule has 2 rings (SSSR count). The Kier molecular flexibility index (Phi) is 4.97. The lowest BCUT2D eigenvalue weighted by atomic mass is 10.0. The van der Waals surface area contributed by atoms with Crippen molar-refractivity contribution in [1.29, 1.82) is 0 Å². The highest BCUT2D eigenvalue weighted by atomic mass is 35.5. The van der Waals surface area contributed by atoms with Crippen LogP contribution >= 0.6 is 23.2 Å². The summed E-state index contributed by atoms with van der Waals surface area (Å²) in [6.07, 6.45) is 1.58. The maximum Gasteiger partial charge on any atom is 0.246 e. The van der Waals surface area contributed by atoms with Gasteiger partial charge in [0, 0.05) is 6.54 Å². The van der Waals surface area contributed by atoms with Gasteiger partial charge in [-0.15, -0.1) is 0 Å². The fourth-order valence-corrected chi connectivity index (χ4v) is 5.41. The van der Waals surface area contributed by atoms with Gasteiger partial charge in [-0.05, 0) is 31.9 Å². The zero-order valence-corrected chi connectivity index (χ0v) is 13.4. The smallest absolute Gasteiger partial charge is 0.246 e. The third-order valence-electron chi connectivity index (χ3n) is 3.54. The van der Waals surface area contributed by atoms with Crippen molar-refractivity contribution in [2.45, 2.75) is 43.2 Å². The van der Waals surface area contributed by atoms with E-state index in [1.165, 1.54) is 16.4 Å². The van der Waals surface area contributed by atoms with Gasteiger partial charge in [0.15, 0.2) is 0 Å². The topological polar surface area (TPSA) is 57.6 Å². The number of nitrogens with zero attached hydrogens (tertiary/aromatic N) is 1. The standard InChI is InChI=1S/C13H17Cl2NO3S/c1-9(17)12-7-2-3-8-16(12)20(18,19)13-10(14)5-4-6-11(13)15/h4-6,9,12,17H,2-3,7-8H2,1H3. The number of hydrogen-bond acceptors (Lipinski definition) is 3. The Bertz CT molecular complexity index is 569. The van der Waals surface area contributed by atoms with Crippen molar-refractivity contribution < 1.29 is 13.5 Å². The van der Waals surface area contributed by atoms with Gasteiger partial charge in [-0.1, -0.05) is 35.7 Å². The molecule has 0 aliphatic carbocycles. The normalized spacial score (nSPS) is 22.7. The summed E-state index contributed by atoms with van der Waals surface area (Å²) in [5.74, 6) is 0. The molecule has 0 saturated carbocycles. The van der Waals surface area contributed by atoms with Gasteiger partial charge in [0.25, 0.3) is 0 Å². The molecule has 1 aromatic carbocycles. The van der Waals surface area contributed by atoms with Crippen LogP contribution in [-0.2, 0) is 10.0 Å². The van der Waals surface area contributed by atoms with E-state index >= 15 is 0 Å². The molecular weight excluding hydrogens is 321 g/mol. The molecule has 7 heteroatoms.